The largest absolute Gasteiger partial charge is 0.314 e. The summed E-state index contributed by atoms with van der Waals surface area (Å²) in [6.45, 7) is 5.15. The van der Waals surface area contributed by atoms with Crippen molar-refractivity contribution < 1.29 is 9.63 Å². The maximum absolute atomic E-state index is 11.9. The van der Waals surface area contributed by atoms with Crippen LogP contribution >= 0.6 is 0 Å². The lowest BCUT2D eigenvalue weighted by Crippen LogP contribution is -2.48. The number of amides is 1. The van der Waals surface area contributed by atoms with E-state index in [1.807, 2.05) is 0 Å². The third-order valence-corrected chi connectivity index (χ3v) is 3.25. The molecule has 1 N–H and O–H groups in total. The minimum atomic E-state index is 0.0911. The fourth-order valence-corrected chi connectivity index (χ4v) is 1.94. The smallest absolute Gasteiger partial charge is 0.249 e. The maximum Gasteiger partial charge on any atom is 0.249 e. The Bertz CT molecular complexity index is 208. The Balaban J connectivity index is 2.62. The lowest BCUT2D eigenvalue weighted by molar-refractivity contribution is -0.176. The molecular weight excluding hydrogens is 180 g/mol. The van der Waals surface area contributed by atoms with Gasteiger partial charge in [-0.3, -0.25) is 9.63 Å². The maximum atomic E-state index is 11.9. The van der Waals surface area contributed by atoms with Crippen LogP contribution in [0, 0.1) is 11.8 Å². The lowest BCUT2D eigenvalue weighted by atomic mass is 9.82. The van der Waals surface area contributed by atoms with E-state index < -0.39 is 0 Å². The van der Waals surface area contributed by atoms with Crippen LogP contribution in [-0.2, 0) is 9.63 Å². The molecule has 0 aromatic heterocycles. The van der Waals surface area contributed by atoms with Crippen LogP contribution in [0.5, 0.6) is 0 Å². The van der Waals surface area contributed by atoms with Crippen molar-refractivity contribution in [3.05, 3.63) is 0 Å². The average Bonchev–Trinajstić information content (AvgIpc) is 2.20. The Morgan fingerprint density at radius 1 is 1.50 bits per heavy atom. The van der Waals surface area contributed by atoms with E-state index in [-0.39, 0.29) is 11.8 Å². The molecule has 1 aliphatic heterocycles. The standard InChI is InChI=1S/C10H20N2O2/c1-7-8(2)11-6-5-9(7)10(13)12(3)14-4/h7-9,11H,5-6H2,1-4H3. The monoisotopic (exact) mass is 200 g/mol. The summed E-state index contributed by atoms with van der Waals surface area (Å²) in [7, 11) is 3.19. The Morgan fingerprint density at radius 3 is 2.71 bits per heavy atom. The second kappa shape index (κ2) is 4.75. The predicted octanol–water partition coefficient (Wildman–Crippen LogP) is 0.640. The normalized spacial score (nSPS) is 32.7. The van der Waals surface area contributed by atoms with Crippen LogP contribution in [0.3, 0.4) is 0 Å². The Morgan fingerprint density at radius 2 is 2.14 bits per heavy atom. The number of nitrogens with one attached hydrogen (secondary N) is 1. The Kier molecular flexibility index (Phi) is 3.89. The third-order valence-electron chi connectivity index (χ3n) is 3.25. The molecule has 4 heteroatoms. The molecule has 0 radical (unpaired) electrons. The summed E-state index contributed by atoms with van der Waals surface area (Å²) in [5, 5.41) is 4.69. The average molecular weight is 200 g/mol. The highest BCUT2D eigenvalue weighted by Crippen LogP contribution is 2.24. The first kappa shape index (κ1) is 11.5. The molecule has 0 saturated carbocycles. The van der Waals surface area contributed by atoms with Crippen molar-refractivity contribution in [2.45, 2.75) is 26.3 Å². The first-order valence-electron chi connectivity index (χ1n) is 5.13. The van der Waals surface area contributed by atoms with Gasteiger partial charge >= 0.3 is 0 Å². The van der Waals surface area contributed by atoms with Gasteiger partial charge in [0.1, 0.15) is 0 Å². The van der Waals surface area contributed by atoms with Gasteiger partial charge in [0.25, 0.3) is 0 Å². The molecule has 1 fully saturated rings. The number of nitrogens with zero attached hydrogens (tertiary/aromatic N) is 1. The van der Waals surface area contributed by atoms with Gasteiger partial charge in [-0.05, 0) is 25.8 Å². The molecular formula is C10H20N2O2. The second-order valence-corrected chi connectivity index (χ2v) is 4.02. The first-order valence-corrected chi connectivity index (χ1v) is 5.13. The molecule has 4 nitrogen and oxygen atoms in total. The van der Waals surface area contributed by atoms with E-state index in [0.29, 0.717) is 12.0 Å². The number of hydroxylamine groups is 2. The highest BCUT2D eigenvalue weighted by molar-refractivity contribution is 5.78. The molecule has 3 unspecified atom stereocenters. The zero-order valence-electron chi connectivity index (χ0n) is 9.41. The summed E-state index contributed by atoms with van der Waals surface area (Å²) < 4.78 is 0. The molecule has 0 aliphatic carbocycles. The molecule has 1 rings (SSSR count). The van der Waals surface area contributed by atoms with Crippen LogP contribution in [0.4, 0.5) is 0 Å². The second-order valence-electron chi connectivity index (χ2n) is 4.02. The molecule has 0 aromatic carbocycles. The summed E-state index contributed by atoms with van der Waals surface area (Å²) >= 11 is 0. The van der Waals surface area contributed by atoms with Crippen LogP contribution in [0.2, 0.25) is 0 Å². The van der Waals surface area contributed by atoms with Crippen LogP contribution in [0.1, 0.15) is 20.3 Å². The Hall–Kier alpha value is -0.610. The quantitative estimate of drug-likeness (QED) is 0.665. The van der Waals surface area contributed by atoms with E-state index in [0.717, 1.165) is 13.0 Å². The number of piperidine rings is 1. The SMILES string of the molecule is CON(C)C(=O)C1CCNC(C)C1C. The number of carbonyl (C=O) groups excluding carboxylic acids is 1. The predicted molar refractivity (Wildman–Crippen MR) is 54.5 cm³/mol. The van der Waals surface area contributed by atoms with Gasteiger partial charge in [-0.15, -0.1) is 0 Å². The van der Waals surface area contributed by atoms with E-state index in [2.05, 4.69) is 19.2 Å². The lowest BCUT2D eigenvalue weighted by Gasteiger charge is -2.35. The summed E-state index contributed by atoms with van der Waals surface area (Å²) in [5.41, 5.74) is 0. The molecule has 1 amide bonds. The number of carbonyl (C=O) groups is 1. The molecule has 3 atom stereocenters. The Labute approximate surface area is 85.6 Å². The summed E-state index contributed by atoms with van der Waals surface area (Å²) in [6, 6.07) is 0.406. The zero-order valence-corrected chi connectivity index (χ0v) is 9.41. The molecule has 82 valence electrons. The van der Waals surface area contributed by atoms with E-state index in [1.165, 1.54) is 12.2 Å². The van der Waals surface area contributed by atoms with E-state index in [9.17, 15) is 4.79 Å². The van der Waals surface area contributed by atoms with Crippen molar-refractivity contribution >= 4 is 5.91 Å². The van der Waals surface area contributed by atoms with Crippen molar-refractivity contribution in [2.24, 2.45) is 11.8 Å². The van der Waals surface area contributed by atoms with E-state index >= 15 is 0 Å². The number of hydrogen-bond acceptors (Lipinski definition) is 3. The fourth-order valence-electron chi connectivity index (χ4n) is 1.94. The van der Waals surface area contributed by atoms with Crippen LogP contribution < -0.4 is 5.32 Å². The highest BCUT2D eigenvalue weighted by Gasteiger charge is 2.33. The zero-order chi connectivity index (χ0) is 10.7. The van der Waals surface area contributed by atoms with Crippen molar-refractivity contribution in [1.82, 2.24) is 10.4 Å². The topological polar surface area (TPSA) is 41.6 Å². The molecule has 0 bridgehead atoms. The molecule has 1 aliphatic rings. The molecule has 0 spiro atoms. The van der Waals surface area contributed by atoms with Crippen LogP contribution in [0.25, 0.3) is 0 Å². The minimum absolute atomic E-state index is 0.0911. The van der Waals surface area contributed by atoms with Gasteiger partial charge in [0, 0.05) is 19.0 Å². The van der Waals surface area contributed by atoms with Crippen LogP contribution in [-0.4, -0.2) is 37.7 Å². The molecule has 1 heterocycles. The fraction of sp³-hybridized carbons (Fsp3) is 0.900. The van der Waals surface area contributed by atoms with Gasteiger partial charge in [0.2, 0.25) is 5.91 Å². The minimum Gasteiger partial charge on any atom is -0.314 e. The molecule has 0 aromatic rings. The van der Waals surface area contributed by atoms with Gasteiger partial charge < -0.3 is 5.32 Å². The number of rotatable bonds is 2. The molecule has 14 heavy (non-hydrogen) atoms. The van der Waals surface area contributed by atoms with E-state index in [4.69, 9.17) is 4.84 Å². The van der Waals surface area contributed by atoms with Gasteiger partial charge in [0.05, 0.1) is 7.11 Å². The summed E-state index contributed by atoms with van der Waals surface area (Å²) in [5.74, 6) is 0.554. The highest BCUT2D eigenvalue weighted by atomic mass is 16.7. The van der Waals surface area contributed by atoms with Crippen molar-refractivity contribution in [2.75, 3.05) is 20.7 Å². The van der Waals surface area contributed by atoms with E-state index in [1.54, 1.807) is 7.05 Å². The van der Waals surface area contributed by atoms with Crippen molar-refractivity contribution in [3.8, 4) is 0 Å². The number of hydrogen-bond donors (Lipinski definition) is 1. The van der Waals surface area contributed by atoms with Gasteiger partial charge in [0.15, 0.2) is 0 Å². The van der Waals surface area contributed by atoms with Crippen LogP contribution in [0.15, 0.2) is 0 Å². The van der Waals surface area contributed by atoms with Gasteiger partial charge in [-0.25, -0.2) is 5.06 Å². The first-order chi connectivity index (χ1) is 6.57. The van der Waals surface area contributed by atoms with Crippen molar-refractivity contribution in [1.29, 1.82) is 0 Å². The van der Waals surface area contributed by atoms with Gasteiger partial charge in [-0.2, -0.15) is 0 Å². The summed E-state index contributed by atoms with van der Waals surface area (Å²) in [6.07, 6.45) is 0.901. The molecule has 1 saturated heterocycles. The van der Waals surface area contributed by atoms with Gasteiger partial charge in [-0.1, -0.05) is 6.92 Å². The third kappa shape index (κ3) is 2.25. The summed E-state index contributed by atoms with van der Waals surface area (Å²) in [4.78, 5) is 16.8. The van der Waals surface area contributed by atoms with Crippen molar-refractivity contribution in [3.63, 3.8) is 0 Å².